The molecule has 1 aromatic carbocycles. The second-order valence-corrected chi connectivity index (χ2v) is 9.26. The van der Waals surface area contributed by atoms with Crippen LogP contribution in [0.3, 0.4) is 0 Å². The molecule has 0 spiro atoms. The quantitative estimate of drug-likeness (QED) is 0.463. The van der Waals surface area contributed by atoms with Gasteiger partial charge >= 0.3 is 0 Å². The van der Waals surface area contributed by atoms with Crippen LogP contribution in [0, 0.1) is 0 Å². The lowest BCUT2D eigenvalue weighted by Crippen LogP contribution is -2.33. The van der Waals surface area contributed by atoms with Crippen LogP contribution in [0.15, 0.2) is 52.6 Å². The van der Waals surface area contributed by atoms with E-state index in [1.165, 1.54) is 6.33 Å². The third-order valence-corrected chi connectivity index (χ3v) is 6.63. The summed E-state index contributed by atoms with van der Waals surface area (Å²) in [5, 5.41) is 4.15. The zero-order chi connectivity index (χ0) is 19.8. The summed E-state index contributed by atoms with van der Waals surface area (Å²) in [6, 6.07) is 14.5. The largest absolute Gasteiger partial charge is 0.383 e. The van der Waals surface area contributed by atoms with Crippen LogP contribution >= 0.6 is 27.3 Å². The molecule has 29 heavy (non-hydrogen) atoms. The van der Waals surface area contributed by atoms with Crippen molar-refractivity contribution in [3.63, 3.8) is 0 Å². The van der Waals surface area contributed by atoms with Crippen molar-refractivity contribution < 1.29 is 4.74 Å². The maximum absolute atomic E-state index is 6.17. The van der Waals surface area contributed by atoms with Crippen LogP contribution in [0.25, 0.3) is 32.7 Å². The molecule has 1 unspecified atom stereocenters. The summed E-state index contributed by atoms with van der Waals surface area (Å²) in [5.74, 6) is 0.436. The number of rotatable bonds is 3. The Balaban J connectivity index is 1.60. The first-order chi connectivity index (χ1) is 14.2. The van der Waals surface area contributed by atoms with Gasteiger partial charge in [0, 0.05) is 29.1 Å². The molecule has 3 N–H and O–H groups in total. The van der Waals surface area contributed by atoms with Crippen LogP contribution in [-0.4, -0.2) is 34.6 Å². The van der Waals surface area contributed by atoms with Gasteiger partial charge < -0.3 is 15.8 Å². The maximum atomic E-state index is 6.17. The Labute approximate surface area is 180 Å². The van der Waals surface area contributed by atoms with Crippen molar-refractivity contribution >= 4 is 44.1 Å². The Kier molecular flexibility index (Phi) is 5.01. The van der Waals surface area contributed by atoms with Crippen molar-refractivity contribution in [1.29, 1.82) is 0 Å². The highest BCUT2D eigenvalue weighted by molar-refractivity contribution is 9.11. The van der Waals surface area contributed by atoms with E-state index in [2.05, 4.69) is 67.6 Å². The fourth-order valence-electron chi connectivity index (χ4n) is 3.54. The number of morpholine rings is 1. The van der Waals surface area contributed by atoms with E-state index in [4.69, 9.17) is 15.5 Å². The van der Waals surface area contributed by atoms with Crippen LogP contribution < -0.4 is 11.1 Å². The number of nitrogens with two attached hydrogens (primary N) is 1. The van der Waals surface area contributed by atoms with Crippen LogP contribution in [0.1, 0.15) is 11.7 Å². The number of hydrogen-bond acceptors (Lipinski definition) is 7. The van der Waals surface area contributed by atoms with Crippen LogP contribution in [0.4, 0.5) is 5.82 Å². The van der Waals surface area contributed by atoms with Crippen molar-refractivity contribution in [2.24, 2.45) is 0 Å². The van der Waals surface area contributed by atoms with Gasteiger partial charge in [-0.05, 0) is 39.7 Å². The van der Waals surface area contributed by atoms with Gasteiger partial charge in [0.15, 0.2) is 5.65 Å². The molecule has 0 bridgehead atoms. The van der Waals surface area contributed by atoms with Crippen LogP contribution in [-0.2, 0) is 4.74 Å². The van der Waals surface area contributed by atoms with Gasteiger partial charge in [-0.2, -0.15) is 0 Å². The minimum atomic E-state index is 0.0916. The van der Waals surface area contributed by atoms with E-state index >= 15 is 0 Å². The number of nitrogens with one attached hydrogen (secondary N) is 1. The fourth-order valence-corrected chi connectivity index (χ4v) is 4.95. The minimum Gasteiger partial charge on any atom is -0.383 e. The number of benzene rings is 1. The number of nitrogens with zero attached hydrogens (tertiary/aromatic N) is 3. The lowest BCUT2D eigenvalue weighted by molar-refractivity contribution is 0.0277. The molecule has 1 atom stereocenters. The molecule has 146 valence electrons. The molecule has 0 radical (unpaired) electrons. The highest BCUT2D eigenvalue weighted by atomic mass is 79.9. The first kappa shape index (κ1) is 18.6. The van der Waals surface area contributed by atoms with Gasteiger partial charge in [0.1, 0.15) is 12.1 Å². The number of pyridine rings is 1. The predicted molar refractivity (Wildman–Crippen MR) is 120 cm³/mol. The Bertz CT molecular complexity index is 1170. The van der Waals surface area contributed by atoms with Gasteiger partial charge in [0.25, 0.3) is 0 Å². The third kappa shape index (κ3) is 3.64. The molecule has 5 rings (SSSR count). The highest BCUT2D eigenvalue weighted by Crippen LogP contribution is 2.38. The maximum Gasteiger partial charge on any atom is 0.165 e. The predicted octanol–water partition coefficient (Wildman–Crippen LogP) is 4.43. The summed E-state index contributed by atoms with van der Waals surface area (Å²) in [6.45, 7) is 2.48. The van der Waals surface area contributed by atoms with E-state index in [0.29, 0.717) is 11.5 Å². The summed E-state index contributed by atoms with van der Waals surface area (Å²) in [5.41, 5.74) is 10.8. The van der Waals surface area contributed by atoms with Gasteiger partial charge in [-0.25, -0.2) is 15.0 Å². The van der Waals surface area contributed by atoms with Gasteiger partial charge in [-0.3, -0.25) is 0 Å². The Morgan fingerprint density at radius 2 is 2.00 bits per heavy atom. The summed E-state index contributed by atoms with van der Waals surface area (Å²) in [4.78, 5) is 14.4. The number of aromatic nitrogens is 3. The molecule has 1 fully saturated rings. The standard InChI is InChI=1S/C21H18BrN5OS/c22-18-6-5-17(29-18)14-9-15(27-21-19(14)20(23)25-11-26-21)12-1-3-13(4-2-12)16-10-24-7-8-28-16/h1-6,9,11,16,24H,7-8,10H2,(H2,23,25,26,27). The van der Waals surface area contributed by atoms with E-state index in [1.807, 2.05) is 6.07 Å². The number of halogens is 1. The zero-order valence-electron chi connectivity index (χ0n) is 15.4. The number of ether oxygens (including phenoxy) is 1. The molecule has 4 heterocycles. The molecule has 4 aromatic rings. The lowest BCUT2D eigenvalue weighted by atomic mass is 10.0. The second kappa shape index (κ2) is 7.79. The van der Waals surface area contributed by atoms with Crippen LogP contribution in [0.2, 0.25) is 0 Å². The number of hydrogen-bond donors (Lipinski definition) is 2. The Hall–Kier alpha value is -2.39. The van der Waals surface area contributed by atoms with Crippen molar-refractivity contribution in [3.8, 4) is 21.7 Å². The lowest BCUT2D eigenvalue weighted by Gasteiger charge is -2.24. The molecule has 1 saturated heterocycles. The number of nitrogen functional groups attached to an aromatic ring is 1. The first-order valence-electron chi connectivity index (χ1n) is 9.28. The summed E-state index contributed by atoms with van der Waals surface area (Å²) in [6.07, 6.45) is 1.55. The van der Waals surface area contributed by atoms with E-state index < -0.39 is 0 Å². The van der Waals surface area contributed by atoms with Crippen LogP contribution in [0.5, 0.6) is 0 Å². The van der Waals surface area contributed by atoms with E-state index in [-0.39, 0.29) is 6.10 Å². The molecule has 1 aliphatic heterocycles. The van der Waals surface area contributed by atoms with Gasteiger partial charge in [-0.1, -0.05) is 24.3 Å². The number of thiophene rings is 1. The minimum absolute atomic E-state index is 0.0916. The average molecular weight is 468 g/mol. The zero-order valence-corrected chi connectivity index (χ0v) is 17.8. The summed E-state index contributed by atoms with van der Waals surface area (Å²) < 4.78 is 6.90. The number of anilines is 1. The Morgan fingerprint density at radius 1 is 1.14 bits per heavy atom. The summed E-state index contributed by atoms with van der Waals surface area (Å²) in [7, 11) is 0. The van der Waals surface area contributed by atoms with E-state index in [1.54, 1.807) is 11.3 Å². The van der Waals surface area contributed by atoms with Crippen molar-refractivity contribution in [2.75, 3.05) is 25.4 Å². The topological polar surface area (TPSA) is 86.0 Å². The third-order valence-electron chi connectivity index (χ3n) is 4.98. The van der Waals surface area contributed by atoms with E-state index in [0.717, 1.165) is 56.1 Å². The summed E-state index contributed by atoms with van der Waals surface area (Å²) >= 11 is 5.19. The number of fused-ring (bicyclic) bond motifs is 1. The molecule has 3 aromatic heterocycles. The molecule has 1 aliphatic rings. The van der Waals surface area contributed by atoms with Crippen molar-refractivity contribution in [2.45, 2.75) is 6.10 Å². The molecule has 0 saturated carbocycles. The van der Waals surface area contributed by atoms with Crippen molar-refractivity contribution in [1.82, 2.24) is 20.3 Å². The second-order valence-electron chi connectivity index (χ2n) is 6.80. The highest BCUT2D eigenvalue weighted by Gasteiger charge is 2.17. The molecular formula is C21H18BrN5OS. The SMILES string of the molecule is Nc1ncnc2nc(-c3ccc(C4CNCCO4)cc3)cc(-c3ccc(Br)s3)c12. The Morgan fingerprint density at radius 3 is 2.72 bits per heavy atom. The molecular weight excluding hydrogens is 450 g/mol. The smallest absolute Gasteiger partial charge is 0.165 e. The van der Waals surface area contributed by atoms with Gasteiger partial charge in [-0.15, -0.1) is 11.3 Å². The van der Waals surface area contributed by atoms with E-state index in [9.17, 15) is 0 Å². The van der Waals surface area contributed by atoms with Gasteiger partial charge in [0.05, 0.1) is 27.6 Å². The fraction of sp³-hybridized carbons (Fsp3) is 0.190. The molecule has 0 aliphatic carbocycles. The average Bonchev–Trinajstić information content (AvgIpc) is 3.20. The monoisotopic (exact) mass is 467 g/mol. The normalized spacial score (nSPS) is 16.9. The van der Waals surface area contributed by atoms with Crippen molar-refractivity contribution in [3.05, 3.63) is 58.1 Å². The molecule has 0 amide bonds. The molecule has 8 heteroatoms. The molecule has 6 nitrogen and oxygen atoms in total. The van der Waals surface area contributed by atoms with Gasteiger partial charge in [0.2, 0.25) is 0 Å². The first-order valence-corrected chi connectivity index (χ1v) is 10.9.